The van der Waals surface area contributed by atoms with Crippen LogP contribution in [0, 0.1) is 0 Å². The molecule has 1 aromatic heterocycles. The molecular formula is C20H19N5O2. The molecule has 2 aromatic carbocycles. The molecule has 136 valence electrons. The molecule has 0 radical (unpaired) electrons. The number of nitrogens with one attached hydrogen (secondary N) is 2. The quantitative estimate of drug-likeness (QED) is 0.662. The SMILES string of the molecule is NC(=O)c1c(-c2ccc(Oc3ccccc3)cc2)nn2c1NCC21CNC1. The van der Waals surface area contributed by atoms with Gasteiger partial charge in [0, 0.05) is 25.2 Å². The highest BCUT2D eigenvalue weighted by atomic mass is 16.5. The van der Waals surface area contributed by atoms with Gasteiger partial charge >= 0.3 is 0 Å². The van der Waals surface area contributed by atoms with Gasteiger partial charge in [-0.05, 0) is 36.4 Å². The Morgan fingerprint density at radius 3 is 2.37 bits per heavy atom. The van der Waals surface area contributed by atoms with Gasteiger partial charge in [-0.1, -0.05) is 18.2 Å². The molecule has 0 unspecified atom stereocenters. The maximum Gasteiger partial charge on any atom is 0.254 e. The summed E-state index contributed by atoms with van der Waals surface area (Å²) in [6.07, 6.45) is 0. The van der Waals surface area contributed by atoms with Crippen molar-refractivity contribution in [3.8, 4) is 22.8 Å². The molecule has 1 saturated heterocycles. The van der Waals surface area contributed by atoms with Crippen LogP contribution >= 0.6 is 0 Å². The first-order valence-corrected chi connectivity index (χ1v) is 8.88. The number of carbonyl (C=O) groups is 1. The smallest absolute Gasteiger partial charge is 0.254 e. The second kappa shape index (κ2) is 5.85. The molecule has 1 amide bonds. The Hall–Kier alpha value is -3.32. The fourth-order valence-electron chi connectivity index (χ4n) is 3.68. The van der Waals surface area contributed by atoms with Crippen molar-refractivity contribution in [1.82, 2.24) is 15.1 Å². The van der Waals surface area contributed by atoms with Gasteiger partial charge in [0.05, 0.1) is 0 Å². The third-order valence-corrected chi connectivity index (χ3v) is 5.18. The Balaban J connectivity index is 1.50. The van der Waals surface area contributed by atoms with E-state index in [1.165, 1.54) is 0 Å². The number of nitrogens with zero attached hydrogens (tertiary/aromatic N) is 2. The van der Waals surface area contributed by atoms with Gasteiger partial charge in [0.1, 0.15) is 34.1 Å². The zero-order valence-electron chi connectivity index (χ0n) is 14.6. The molecule has 0 saturated carbocycles. The lowest BCUT2D eigenvalue weighted by Gasteiger charge is -2.38. The number of rotatable bonds is 4. The third kappa shape index (κ3) is 2.47. The molecule has 1 spiro atoms. The predicted octanol–water partition coefficient (Wildman–Crippen LogP) is 2.17. The van der Waals surface area contributed by atoms with Crippen LogP contribution in [0.1, 0.15) is 10.4 Å². The minimum Gasteiger partial charge on any atom is -0.457 e. The first-order valence-electron chi connectivity index (χ1n) is 8.88. The molecule has 1 fully saturated rings. The van der Waals surface area contributed by atoms with E-state index in [2.05, 4.69) is 10.6 Å². The number of aromatic nitrogens is 2. The highest BCUT2D eigenvalue weighted by Gasteiger charge is 2.47. The zero-order valence-corrected chi connectivity index (χ0v) is 14.6. The normalized spacial score (nSPS) is 16.4. The molecule has 7 nitrogen and oxygen atoms in total. The van der Waals surface area contributed by atoms with Gasteiger partial charge in [-0.3, -0.25) is 4.79 Å². The first kappa shape index (κ1) is 15.9. The van der Waals surface area contributed by atoms with Crippen molar-refractivity contribution in [3.05, 3.63) is 60.2 Å². The number of para-hydroxylation sites is 1. The lowest BCUT2D eigenvalue weighted by atomic mass is 9.94. The number of benzene rings is 2. The summed E-state index contributed by atoms with van der Waals surface area (Å²) in [5.41, 5.74) is 7.44. The van der Waals surface area contributed by atoms with E-state index in [0.717, 1.165) is 36.7 Å². The number of nitrogens with two attached hydrogens (primary N) is 1. The summed E-state index contributed by atoms with van der Waals surface area (Å²) in [6.45, 7) is 2.42. The molecular weight excluding hydrogens is 342 g/mol. The van der Waals surface area contributed by atoms with Crippen molar-refractivity contribution >= 4 is 11.7 Å². The van der Waals surface area contributed by atoms with Crippen LogP contribution in [0.3, 0.4) is 0 Å². The Morgan fingerprint density at radius 2 is 1.74 bits per heavy atom. The van der Waals surface area contributed by atoms with Crippen LogP contribution < -0.4 is 21.1 Å². The van der Waals surface area contributed by atoms with E-state index in [4.69, 9.17) is 15.6 Å². The monoisotopic (exact) mass is 361 g/mol. The van der Waals surface area contributed by atoms with E-state index < -0.39 is 5.91 Å². The zero-order chi connectivity index (χ0) is 18.4. The molecule has 27 heavy (non-hydrogen) atoms. The highest BCUT2D eigenvalue weighted by Crippen LogP contribution is 2.39. The van der Waals surface area contributed by atoms with E-state index in [0.29, 0.717) is 17.1 Å². The fraction of sp³-hybridized carbons (Fsp3) is 0.200. The van der Waals surface area contributed by atoms with E-state index in [-0.39, 0.29) is 5.54 Å². The van der Waals surface area contributed by atoms with Crippen LogP contribution in [-0.2, 0) is 5.54 Å². The molecule has 0 atom stereocenters. The van der Waals surface area contributed by atoms with Crippen molar-refractivity contribution in [1.29, 1.82) is 0 Å². The number of primary amides is 1. The van der Waals surface area contributed by atoms with Gasteiger partial charge in [-0.2, -0.15) is 5.10 Å². The van der Waals surface area contributed by atoms with Crippen LogP contribution in [0.5, 0.6) is 11.5 Å². The second-order valence-corrected chi connectivity index (χ2v) is 6.97. The van der Waals surface area contributed by atoms with Crippen LogP contribution in [0.4, 0.5) is 5.82 Å². The van der Waals surface area contributed by atoms with E-state index in [1.54, 1.807) is 0 Å². The summed E-state index contributed by atoms with van der Waals surface area (Å²) < 4.78 is 7.75. The Bertz CT molecular complexity index is 1010. The van der Waals surface area contributed by atoms with Gasteiger partial charge in [0.25, 0.3) is 5.91 Å². The maximum atomic E-state index is 12.1. The van der Waals surface area contributed by atoms with Gasteiger partial charge in [-0.25, -0.2) is 4.68 Å². The number of amides is 1. The molecule has 2 aliphatic heterocycles. The number of hydrogen-bond acceptors (Lipinski definition) is 5. The summed E-state index contributed by atoms with van der Waals surface area (Å²) in [6, 6.07) is 17.1. The largest absolute Gasteiger partial charge is 0.457 e. The van der Waals surface area contributed by atoms with Gasteiger partial charge in [0.2, 0.25) is 0 Å². The Labute approximate surface area is 156 Å². The molecule has 0 aliphatic carbocycles. The van der Waals surface area contributed by atoms with E-state index in [9.17, 15) is 4.79 Å². The number of fused-ring (bicyclic) bond motifs is 2. The average molecular weight is 361 g/mol. The summed E-state index contributed by atoms with van der Waals surface area (Å²) >= 11 is 0. The van der Waals surface area contributed by atoms with Crippen LogP contribution in [0.25, 0.3) is 11.3 Å². The Kier molecular flexibility index (Phi) is 3.45. The minimum atomic E-state index is -0.479. The van der Waals surface area contributed by atoms with Crippen molar-refractivity contribution < 1.29 is 9.53 Å². The average Bonchev–Trinajstić information content (AvgIpc) is 3.19. The van der Waals surface area contributed by atoms with Crippen LogP contribution in [-0.4, -0.2) is 35.3 Å². The van der Waals surface area contributed by atoms with E-state index in [1.807, 2.05) is 59.3 Å². The second-order valence-electron chi connectivity index (χ2n) is 6.97. The topological polar surface area (TPSA) is 94.2 Å². The standard InChI is InChI=1S/C20H19N5O2/c21-18(26)16-17(24-25-19(16)23-12-20(25)10-22-11-20)13-6-8-15(9-7-13)27-14-4-2-1-3-5-14/h1-9,22-23H,10-12H2,(H2,21,26). The summed E-state index contributed by atoms with van der Waals surface area (Å²) in [7, 11) is 0. The molecule has 5 rings (SSSR count). The third-order valence-electron chi connectivity index (χ3n) is 5.18. The van der Waals surface area contributed by atoms with Gasteiger partial charge < -0.3 is 21.1 Å². The lowest BCUT2D eigenvalue weighted by molar-refractivity contribution is 0.100. The molecule has 3 aromatic rings. The molecule has 4 N–H and O–H groups in total. The highest BCUT2D eigenvalue weighted by molar-refractivity contribution is 6.04. The molecule has 2 aliphatic rings. The number of ether oxygens (including phenoxy) is 1. The van der Waals surface area contributed by atoms with Crippen LogP contribution in [0.2, 0.25) is 0 Å². The predicted molar refractivity (Wildman–Crippen MR) is 102 cm³/mol. The van der Waals surface area contributed by atoms with E-state index >= 15 is 0 Å². The summed E-state index contributed by atoms with van der Waals surface area (Å²) in [4.78, 5) is 12.1. The lowest BCUT2D eigenvalue weighted by Crippen LogP contribution is -2.61. The summed E-state index contributed by atoms with van der Waals surface area (Å²) in [5, 5.41) is 11.3. The van der Waals surface area contributed by atoms with Crippen LogP contribution in [0.15, 0.2) is 54.6 Å². The molecule has 7 heteroatoms. The minimum absolute atomic E-state index is 0.103. The van der Waals surface area contributed by atoms with Crippen molar-refractivity contribution in [2.24, 2.45) is 5.73 Å². The Morgan fingerprint density at radius 1 is 1.04 bits per heavy atom. The van der Waals surface area contributed by atoms with Crippen molar-refractivity contribution in [2.45, 2.75) is 5.54 Å². The molecule has 0 bridgehead atoms. The number of hydrogen-bond donors (Lipinski definition) is 3. The van der Waals surface area contributed by atoms with Gasteiger partial charge in [0.15, 0.2) is 0 Å². The van der Waals surface area contributed by atoms with Crippen molar-refractivity contribution in [2.75, 3.05) is 25.0 Å². The molecule has 3 heterocycles. The number of carbonyl (C=O) groups excluding carboxylic acids is 1. The fourth-order valence-corrected chi connectivity index (χ4v) is 3.68. The first-order chi connectivity index (χ1) is 13.2. The number of anilines is 1. The summed E-state index contributed by atoms with van der Waals surface area (Å²) in [5.74, 6) is 1.72. The maximum absolute atomic E-state index is 12.1. The van der Waals surface area contributed by atoms with Gasteiger partial charge in [-0.15, -0.1) is 0 Å². The van der Waals surface area contributed by atoms with Crippen molar-refractivity contribution in [3.63, 3.8) is 0 Å².